The molecule has 2 aromatic rings. The number of benzene rings is 2. The molecule has 2 rings (SSSR count). The molecule has 0 bridgehead atoms. The standard InChI is InChI=1S/C20H23FN2O5/c1-13(28-16-8-6-15(21)7-9-16)20(25)23-22-19(24)11-5-14-4-10-17(26-2)18(12-14)27-3/h4,6-10,12-13H,5,11H2,1-3H3,(H,22,24)(H,23,25)/t13-/m1/s1. The molecular formula is C20H23FN2O5. The molecule has 0 spiro atoms. The number of hydrogen-bond acceptors (Lipinski definition) is 5. The van der Waals surface area contributed by atoms with Gasteiger partial charge >= 0.3 is 0 Å². The molecule has 2 amide bonds. The Hall–Kier alpha value is -3.29. The quantitative estimate of drug-likeness (QED) is 0.676. The highest BCUT2D eigenvalue weighted by atomic mass is 19.1. The van der Waals surface area contributed by atoms with Gasteiger partial charge in [-0.05, 0) is 55.3 Å². The van der Waals surface area contributed by atoms with Gasteiger partial charge in [0.05, 0.1) is 14.2 Å². The lowest BCUT2D eigenvalue weighted by Gasteiger charge is -2.15. The molecule has 2 aromatic carbocycles. The molecule has 8 heteroatoms. The van der Waals surface area contributed by atoms with Crippen molar-refractivity contribution in [3.8, 4) is 17.2 Å². The van der Waals surface area contributed by atoms with Gasteiger partial charge in [-0.2, -0.15) is 0 Å². The predicted molar refractivity (Wildman–Crippen MR) is 101 cm³/mol. The third kappa shape index (κ3) is 6.15. The topological polar surface area (TPSA) is 85.9 Å². The van der Waals surface area contributed by atoms with E-state index in [4.69, 9.17) is 14.2 Å². The highest BCUT2D eigenvalue weighted by molar-refractivity contribution is 5.84. The van der Waals surface area contributed by atoms with Crippen LogP contribution in [0.5, 0.6) is 17.2 Å². The third-order valence-electron chi connectivity index (χ3n) is 3.91. The first kappa shape index (κ1) is 21.0. The zero-order chi connectivity index (χ0) is 20.5. The first-order valence-corrected chi connectivity index (χ1v) is 8.64. The maximum Gasteiger partial charge on any atom is 0.279 e. The van der Waals surface area contributed by atoms with Crippen molar-refractivity contribution in [2.24, 2.45) is 0 Å². The molecule has 0 aromatic heterocycles. The number of halogens is 1. The molecule has 7 nitrogen and oxygen atoms in total. The van der Waals surface area contributed by atoms with Crippen LogP contribution in [-0.2, 0) is 16.0 Å². The van der Waals surface area contributed by atoms with E-state index in [0.29, 0.717) is 23.7 Å². The monoisotopic (exact) mass is 390 g/mol. The maximum absolute atomic E-state index is 12.9. The van der Waals surface area contributed by atoms with E-state index in [-0.39, 0.29) is 12.3 Å². The van der Waals surface area contributed by atoms with E-state index in [1.807, 2.05) is 6.07 Å². The predicted octanol–water partition coefficient (Wildman–Crippen LogP) is 2.39. The largest absolute Gasteiger partial charge is 0.493 e. The summed E-state index contributed by atoms with van der Waals surface area (Å²) in [4.78, 5) is 23.9. The average molecular weight is 390 g/mol. The van der Waals surface area contributed by atoms with Gasteiger partial charge in [-0.15, -0.1) is 0 Å². The van der Waals surface area contributed by atoms with E-state index in [9.17, 15) is 14.0 Å². The number of methoxy groups -OCH3 is 2. The number of rotatable bonds is 8. The van der Waals surface area contributed by atoms with Crippen LogP contribution < -0.4 is 25.1 Å². The van der Waals surface area contributed by atoms with E-state index >= 15 is 0 Å². The Bertz CT molecular complexity index is 811. The van der Waals surface area contributed by atoms with Crippen LogP contribution >= 0.6 is 0 Å². The van der Waals surface area contributed by atoms with Gasteiger partial charge in [-0.1, -0.05) is 6.07 Å². The fourth-order valence-corrected chi connectivity index (χ4v) is 2.36. The lowest BCUT2D eigenvalue weighted by Crippen LogP contribution is -2.47. The zero-order valence-electron chi connectivity index (χ0n) is 16.0. The van der Waals surface area contributed by atoms with Crippen LogP contribution in [0.25, 0.3) is 0 Å². The summed E-state index contributed by atoms with van der Waals surface area (Å²) >= 11 is 0. The van der Waals surface area contributed by atoms with E-state index in [0.717, 1.165) is 5.56 Å². The number of hydrazine groups is 1. The number of carbonyl (C=O) groups excluding carboxylic acids is 2. The summed E-state index contributed by atoms with van der Waals surface area (Å²) in [6.07, 6.45) is -0.233. The number of ether oxygens (including phenoxy) is 3. The van der Waals surface area contributed by atoms with E-state index in [1.54, 1.807) is 26.4 Å². The van der Waals surface area contributed by atoms with Crippen molar-refractivity contribution in [3.05, 3.63) is 53.8 Å². The summed E-state index contributed by atoms with van der Waals surface area (Å²) in [5.74, 6) is 0.273. The Balaban J connectivity index is 1.77. The summed E-state index contributed by atoms with van der Waals surface area (Å²) in [5, 5.41) is 0. The zero-order valence-corrected chi connectivity index (χ0v) is 16.0. The second-order valence-corrected chi connectivity index (χ2v) is 5.94. The van der Waals surface area contributed by atoms with Crippen molar-refractivity contribution < 1.29 is 28.2 Å². The summed E-state index contributed by atoms with van der Waals surface area (Å²) < 4.78 is 28.7. The number of nitrogens with one attached hydrogen (secondary N) is 2. The van der Waals surface area contributed by atoms with E-state index < -0.39 is 17.8 Å². The molecule has 2 N–H and O–H groups in total. The van der Waals surface area contributed by atoms with Crippen molar-refractivity contribution in [2.75, 3.05) is 14.2 Å². The molecule has 1 atom stereocenters. The van der Waals surface area contributed by atoms with Gasteiger partial charge in [-0.25, -0.2) is 4.39 Å². The fraction of sp³-hybridized carbons (Fsp3) is 0.300. The van der Waals surface area contributed by atoms with E-state index in [1.165, 1.54) is 31.2 Å². The summed E-state index contributed by atoms with van der Waals surface area (Å²) in [5.41, 5.74) is 5.55. The van der Waals surface area contributed by atoms with Crippen LogP contribution in [0.3, 0.4) is 0 Å². The van der Waals surface area contributed by atoms with E-state index in [2.05, 4.69) is 10.9 Å². The van der Waals surface area contributed by atoms with Gasteiger partial charge in [0, 0.05) is 6.42 Å². The van der Waals surface area contributed by atoms with Gasteiger partial charge in [0.25, 0.3) is 5.91 Å². The van der Waals surface area contributed by atoms with Crippen molar-refractivity contribution >= 4 is 11.8 Å². The van der Waals surface area contributed by atoms with Gasteiger partial charge in [0.15, 0.2) is 17.6 Å². The second-order valence-electron chi connectivity index (χ2n) is 5.94. The molecule has 0 aliphatic carbocycles. The van der Waals surface area contributed by atoms with Crippen LogP contribution in [0, 0.1) is 5.82 Å². The highest BCUT2D eigenvalue weighted by Crippen LogP contribution is 2.27. The number of aryl methyl sites for hydroxylation is 1. The summed E-state index contributed by atoms with van der Waals surface area (Å²) in [6, 6.07) is 10.7. The SMILES string of the molecule is COc1ccc(CCC(=O)NNC(=O)[C@@H](C)Oc2ccc(F)cc2)cc1OC. The van der Waals surface area contributed by atoms with Crippen LogP contribution in [0.2, 0.25) is 0 Å². The molecule has 28 heavy (non-hydrogen) atoms. The van der Waals surface area contributed by atoms with Gasteiger partial charge < -0.3 is 14.2 Å². The number of amides is 2. The Labute approximate surface area is 162 Å². The average Bonchev–Trinajstić information content (AvgIpc) is 2.71. The fourth-order valence-electron chi connectivity index (χ4n) is 2.36. The molecule has 0 aliphatic rings. The molecule has 0 fully saturated rings. The molecule has 0 unspecified atom stereocenters. The molecule has 0 aliphatic heterocycles. The van der Waals surface area contributed by atoms with Gasteiger partial charge in [-0.3, -0.25) is 20.4 Å². The molecule has 150 valence electrons. The number of carbonyl (C=O) groups is 2. The minimum Gasteiger partial charge on any atom is -0.493 e. The molecular weight excluding hydrogens is 367 g/mol. The Morgan fingerprint density at radius 3 is 2.32 bits per heavy atom. The first-order chi connectivity index (χ1) is 13.4. The van der Waals surface area contributed by atoms with Crippen LogP contribution in [0.1, 0.15) is 18.9 Å². The number of hydrogen-bond donors (Lipinski definition) is 2. The normalized spacial score (nSPS) is 11.3. The van der Waals surface area contributed by atoms with Gasteiger partial charge in [0.2, 0.25) is 5.91 Å². The van der Waals surface area contributed by atoms with Gasteiger partial charge in [0.1, 0.15) is 11.6 Å². The third-order valence-corrected chi connectivity index (χ3v) is 3.91. The maximum atomic E-state index is 12.9. The molecule has 0 saturated carbocycles. The Morgan fingerprint density at radius 2 is 1.68 bits per heavy atom. The van der Waals surface area contributed by atoms with Crippen molar-refractivity contribution in [1.82, 2.24) is 10.9 Å². The Kier molecular flexibility index (Phi) is 7.62. The summed E-state index contributed by atoms with van der Waals surface area (Å²) in [6.45, 7) is 1.52. The van der Waals surface area contributed by atoms with Crippen LogP contribution in [0.4, 0.5) is 4.39 Å². The highest BCUT2D eigenvalue weighted by Gasteiger charge is 2.15. The molecule has 0 heterocycles. The minimum absolute atomic E-state index is 0.170. The lowest BCUT2D eigenvalue weighted by molar-refractivity contribution is -0.132. The first-order valence-electron chi connectivity index (χ1n) is 8.64. The lowest BCUT2D eigenvalue weighted by atomic mass is 10.1. The van der Waals surface area contributed by atoms with Crippen molar-refractivity contribution in [2.45, 2.75) is 25.9 Å². The molecule has 0 saturated heterocycles. The van der Waals surface area contributed by atoms with Crippen LogP contribution in [-0.4, -0.2) is 32.1 Å². The minimum atomic E-state index is -0.864. The molecule has 0 radical (unpaired) electrons. The summed E-state index contributed by atoms with van der Waals surface area (Å²) in [7, 11) is 3.09. The smallest absolute Gasteiger partial charge is 0.279 e. The van der Waals surface area contributed by atoms with Crippen molar-refractivity contribution in [3.63, 3.8) is 0 Å². The second kappa shape index (κ2) is 10.1. The van der Waals surface area contributed by atoms with Crippen LogP contribution in [0.15, 0.2) is 42.5 Å². The Morgan fingerprint density at radius 1 is 1.00 bits per heavy atom. The van der Waals surface area contributed by atoms with Crippen molar-refractivity contribution in [1.29, 1.82) is 0 Å².